The van der Waals surface area contributed by atoms with Crippen LogP contribution in [0.25, 0.3) is 0 Å². The van der Waals surface area contributed by atoms with Gasteiger partial charge in [-0.05, 0) is 12.1 Å². The van der Waals surface area contributed by atoms with E-state index in [2.05, 4.69) is 5.32 Å². The molecule has 1 aliphatic rings. The molecule has 116 valence electrons. The highest BCUT2D eigenvalue weighted by Crippen LogP contribution is 2.19. The fourth-order valence-corrected chi connectivity index (χ4v) is 2.22. The van der Waals surface area contributed by atoms with E-state index in [0.29, 0.717) is 45.0 Å². The van der Waals surface area contributed by atoms with Crippen molar-refractivity contribution in [3.8, 4) is 0 Å². The van der Waals surface area contributed by atoms with Crippen LogP contribution in [0.3, 0.4) is 0 Å². The smallest absolute Gasteiger partial charge is 0.317 e. The second-order valence-electron chi connectivity index (χ2n) is 4.80. The zero-order chi connectivity index (χ0) is 15.2. The number of amides is 2. The molecule has 1 heterocycles. The number of carbonyl (C=O) groups excluding carboxylic acids is 1. The molecule has 2 rings (SSSR count). The Morgan fingerprint density at radius 2 is 1.95 bits per heavy atom. The molecule has 1 fully saturated rings. The van der Waals surface area contributed by atoms with Gasteiger partial charge in [-0.3, -0.25) is 0 Å². The van der Waals surface area contributed by atoms with Crippen LogP contribution in [-0.4, -0.2) is 57.4 Å². The molecule has 0 aliphatic carbocycles. The molecule has 7 heteroatoms. The maximum absolute atomic E-state index is 13.2. The minimum absolute atomic E-state index is 0.128. The summed E-state index contributed by atoms with van der Waals surface area (Å²) in [6.07, 6.45) is 0. The van der Waals surface area contributed by atoms with Crippen LogP contribution in [0, 0.1) is 11.6 Å². The Hall–Kier alpha value is -1.89. The molecule has 0 spiro atoms. The summed E-state index contributed by atoms with van der Waals surface area (Å²) in [5.41, 5.74) is 0.633. The Balaban J connectivity index is 1.85. The lowest BCUT2D eigenvalue weighted by molar-refractivity contribution is 0.177. The number of halogens is 2. The number of hydrogen-bond acceptors (Lipinski definition) is 3. The number of hydrogen-bond donors (Lipinski definition) is 1. The predicted octanol–water partition coefficient (Wildman–Crippen LogP) is 1.44. The molecule has 1 aromatic rings. The van der Waals surface area contributed by atoms with Crippen LogP contribution in [-0.2, 0) is 4.74 Å². The van der Waals surface area contributed by atoms with Crippen LogP contribution in [0.4, 0.5) is 19.3 Å². The van der Waals surface area contributed by atoms with Crippen LogP contribution in [0.1, 0.15) is 0 Å². The molecule has 0 saturated carbocycles. The molecule has 0 aromatic heterocycles. The quantitative estimate of drug-likeness (QED) is 0.856. The van der Waals surface area contributed by atoms with Gasteiger partial charge in [0.2, 0.25) is 0 Å². The number of anilines is 1. The average molecular weight is 299 g/mol. The number of ether oxygens (including phenoxy) is 1. The van der Waals surface area contributed by atoms with Crippen molar-refractivity contribution in [1.29, 1.82) is 0 Å². The van der Waals surface area contributed by atoms with Crippen molar-refractivity contribution < 1.29 is 18.3 Å². The summed E-state index contributed by atoms with van der Waals surface area (Å²) in [5.74, 6) is -1.71. The van der Waals surface area contributed by atoms with Crippen LogP contribution in [0.2, 0.25) is 0 Å². The summed E-state index contributed by atoms with van der Waals surface area (Å²) in [5, 5.41) is 2.76. The third kappa shape index (κ3) is 4.04. The average Bonchev–Trinajstić information content (AvgIpc) is 2.50. The molecule has 0 unspecified atom stereocenters. The summed E-state index contributed by atoms with van der Waals surface area (Å²) >= 11 is 0. The lowest BCUT2D eigenvalue weighted by Gasteiger charge is -2.36. The van der Waals surface area contributed by atoms with Gasteiger partial charge in [-0.15, -0.1) is 0 Å². The Kier molecular flexibility index (Phi) is 5.32. The Morgan fingerprint density at radius 1 is 1.24 bits per heavy atom. The van der Waals surface area contributed by atoms with Crippen molar-refractivity contribution in [2.75, 3.05) is 51.3 Å². The van der Waals surface area contributed by atoms with Crippen molar-refractivity contribution >= 4 is 11.7 Å². The van der Waals surface area contributed by atoms with Crippen molar-refractivity contribution in [3.63, 3.8) is 0 Å². The van der Waals surface area contributed by atoms with Gasteiger partial charge in [0.15, 0.2) is 11.6 Å². The van der Waals surface area contributed by atoms with Crippen LogP contribution < -0.4 is 10.2 Å². The first-order valence-corrected chi connectivity index (χ1v) is 6.83. The van der Waals surface area contributed by atoms with E-state index in [1.165, 1.54) is 6.07 Å². The molecule has 0 radical (unpaired) electrons. The Bertz CT molecular complexity index is 491. The lowest BCUT2D eigenvalue weighted by Crippen LogP contribution is -2.52. The van der Waals surface area contributed by atoms with E-state index < -0.39 is 11.6 Å². The van der Waals surface area contributed by atoms with E-state index in [1.54, 1.807) is 18.1 Å². The minimum Gasteiger partial charge on any atom is -0.383 e. The second-order valence-corrected chi connectivity index (χ2v) is 4.80. The lowest BCUT2D eigenvalue weighted by atomic mass is 10.2. The predicted molar refractivity (Wildman–Crippen MR) is 75.4 cm³/mol. The first kappa shape index (κ1) is 15.5. The number of methoxy groups -OCH3 is 1. The number of piperazine rings is 1. The summed E-state index contributed by atoms with van der Waals surface area (Å²) in [7, 11) is 1.58. The number of rotatable bonds is 4. The topological polar surface area (TPSA) is 44.8 Å². The van der Waals surface area contributed by atoms with E-state index >= 15 is 0 Å². The highest BCUT2D eigenvalue weighted by atomic mass is 19.2. The fraction of sp³-hybridized carbons (Fsp3) is 0.500. The van der Waals surface area contributed by atoms with E-state index in [9.17, 15) is 13.6 Å². The third-order valence-corrected chi connectivity index (χ3v) is 3.42. The van der Waals surface area contributed by atoms with Crippen molar-refractivity contribution in [2.45, 2.75) is 0 Å². The van der Waals surface area contributed by atoms with Gasteiger partial charge < -0.3 is 19.9 Å². The van der Waals surface area contributed by atoms with E-state index in [1.807, 2.05) is 4.90 Å². The number of urea groups is 1. The van der Waals surface area contributed by atoms with Gasteiger partial charge in [0.25, 0.3) is 0 Å². The first-order valence-electron chi connectivity index (χ1n) is 6.83. The SMILES string of the molecule is COCCNC(=O)N1CCN(c2ccc(F)c(F)c2)CC1. The maximum Gasteiger partial charge on any atom is 0.317 e. The van der Waals surface area contributed by atoms with Gasteiger partial charge in [-0.25, -0.2) is 13.6 Å². The van der Waals surface area contributed by atoms with Crippen LogP contribution in [0.5, 0.6) is 0 Å². The molecule has 0 bridgehead atoms. The number of nitrogens with zero attached hydrogens (tertiary/aromatic N) is 2. The molecule has 0 atom stereocenters. The zero-order valence-corrected chi connectivity index (χ0v) is 11.9. The molecule has 1 aliphatic heterocycles. The van der Waals surface area contributed by atoms with Gasteiger partial charge in [-0.2, -0.15) is 0 Å². The summed E-state index contributed by atoms with van der Waals surface area (Å²) in [6, 6.07) is 3.72. The summed E-state index contributed by atoms with van der Waals surface area (Å²) in [6.45, 7) is 3.19. The van der Waals surface area contributed by atoms with Gasteiger partial charge in [0, 0.05) is 51.6 Å². The Morgan fingerprint density at radius 3 is 2.57 bits per heavy atom. The number of nitrogens with one attached hydrogen (secondary N) is 1. The standard InChI is InChI=1S/C14H19F2N3O2/c1-21-9-4-17-14(20)19-7-5-18(6-8-19)11-2-3-12(15)13(16)10-11/h2-3,10H,4-9H2,1H3,(H,17,20). The van der Waals surface area contributed by atoms with Gasteiger partial charge in [0.05, 0.1) is 6.61 Å². The van der Waals surface area contributed by atoms with Crippen molar-refractivity contribution in [2.24, 2.45) is 0 Å². The van der Waals surface area contributed by atoms with Crippen molar-refractivity contribution in [1.82, 2.24) is 10.2 Å². The largest absolute Gasteiger partial charge is 0.383 e. The molecule has 1 saturated heterocycles. The molecule has 1 aromatic carbocycles. The third-order valence-electron chi connectivity index (χ3n) is 3.42. The number of carbonyl (C=O) groups is 1. The molecule has 21 heavy (non-hydrogen) atoms. The molecule has 1 N–H and O–H groups in total. The molecular formula is C14H19F2N3O2. The van der Waals surface area contributed by atoms with Crippen LogP contribution in [0.15, 0.2) is 18.2 Å². The van der Waals surface area contributed by atoms with Gasteiger partial charge >= 0.3 is 6.03 Å². The monoisotopic (exact) mass is 299 g/mol. The van der Waals surface area contributed by atoms with Gasteiger partial charge in [-0.1, -0.05) is 0 Å². The highest BCUT2D eigenvalue weighted by molar-refractivity contribution is 5.74. The molecular weight excluding hydrogens is 280 g/mol. The van der Waals surface area contributed by atoms with Crippen LogP contribution >= 0.6 is 0 Å². The second kappa shape index (κ2) is 7.21. The molecule has 5 nitrogen and oxygen atoms in total. The van der Waals surface area contributed by atoms with Gasteiger partial charge in [0.1, 0.15) is 0 Å². The van der Waals surface area contributed by atoms with E-state index in [-0.39, 0.29) is 6.03 Å². The minimum atomic E-state index is -0.854. The van der Waals surface area contributed by atoms with Crippen molar-refractivity contribution in [3.05, 3.63) is 29.8 Å². The molecule has 2 amide bonds. The zero-order valence-electron chi connectivity index (χ0n) is 11.9. The number of benzene rings is 1. The fourth-order valence-electron chi connectivity index (χ4n) is 2.22. The normalized spacial score (nSPS) is 15.2. The Labute approximate surface area is 122 Å². The maximum atomic E-state index is 13.2. The van der Waals surface area contributed by atoms with E-state index in [4.69, 9.17) is 4.74 Å². The summed E-state index contributed by atoms with van der Waals surface area (Å²) < 4.78 is 31.0. The summed E-state index contributed by atoms with van der Waals surface area (Å²) in [4.78, 5) is 15.5. The van der Waals surface area contributed by atoms with E-state index in [0.717, 1.165) is 6.07 Å². The highest BCUT2D eigenvalue weighted by Gasteiger charge is 2.21. The first-order chi connectivity index (χ1) is 10.1.